The summed E-state index contributed by atoms with van der Waals surface area (Å²) in [5, 5.41) is 8.87. The lowest BCUT2D eigenvalue weighted by molar-refractivity contribution is 0.0599. The van der Waals surface area contributed by atoms with Crippen LogP contribution in [-0.4, -0.2) is 13.1 Å². The molecule has 0 saturated carbocycles. The molecule has 5 heteroatoms. The fourth-order valence-electron chi connectivity index (χ4n) is 1.50. The second kappa shape index (κ2) is 5.39. The van der Waals surface area contributed by atoms with Gasteiger partial charge in [-0.1, -0.05) is 6.92 Å². The number of carbonyl (C=O) groups is 1. The highest BCUT2D eigenvalue weighted by Gasteiger charge is 2.21. The van der Waals surface area contributed by atoms with E-state index in [0.29, 0.717) is 12.0 Å². The summed E-state index contributed by atoms with van der Waals surface area (Å²) in [7, 11) is 1.14. The van der Waals surface area contributed by atoms with Gasteiger partial charge in [-0.25, -0.2) is 13.6 Å². The van der Waals surface area contributed by atoms with Gasteiger partial charge < -0.3 is 4.74 Å². The van der Waals surface area contributed by atoms with Gasteiger partial charge in [0.1, 0.15) is 6.07 Å². The zero-order valence-electron chi connectivity index (χ0n) is 9.46. The Morgan fingerprint density at radius 1 is 1.53 bits per heavy atom. The summed E-state index contributed by atoms with van der Waals surface area (Å²) in [6.45, 7) is 1.78. The van der Waals surface area contributed by atoms with E-state index in [1.807, 2.05) is 0 Å². The lowest BCUT2D eigenvalue weighted by Gasteiger charge is -2.10. The maximum Gasteiger partial charge on any atom is 0.339 e. The molecule has 1 rings (SSSR count). The highest BCUT2D eigenvalue weighted by atomic mass is 19.3. The van der Waals surface area contributed by atoms with Crippen molar-refractivity contribution in [1.29, 1.82) is 5.26 Å². The number of rotatable bonds is 3. The van der Waals surface area contributed by atoms with Crippen molar-refractivity contribution in [2.45, 2.75) is 19.8 Å². The van der Waals surface area contributed by atoms with Crippen LogP contribution < -0.4 is 0 Å². The molecule has 0 saturated heterocycles. The number of hydrogen-bond acceptors (Lipinski definition) is 3. The van der Waals surface area contributed by atoms with Gasteiger partial charge in [-0.15, -0.1) is 0 Å². The number of aryl methyl sites for hydroxylation is 1. The van der Waals surface area contributed by atoms with Crippen LogP contribution in [0.5, 0.6) is 0 Å². The van der Waals surface area contributed by atoms with Crippen molar-refractivity contribution in [2.24, 2.45) is 0 Å². The van der Waals surface area contributed by atoms with Crippen LogP contribution in [0.2, 0.25) is 0 Å². The first-order valence-corrected chi connectivity index (χ1v) is 4.98. The molecular formula is C12H11F2NO2. The van der Waals surface area contributed by atoms with Gasteiger partial charge in [0.05, 0.1) is 18.2 Å². The van der Waals surface area contributed by atoms with E-state index in [0.717, 1.165) is 7.11 Å². The number of alkyl halides is 2. The lowest BCUT2D eigenvalue weighted by atomic mass is 9.97. The molecule has 0 N–H and O–H groups in total. The van der Waals surface area contributed by atoms with E-state index >= 15 is 0 Å². The van der Waals surface area contributed by atoms with Gasteiger partial charge in [-0.05, 0) is 24.1 Å². The van der Waals surface area contributed by atoms with Crippen LogP contribution in [0.3, 0.4) is 0 Å². The fourth-order valence-corrected chi connectivity index (χ4v) is 1.50. The Balaban J connectivity index is 3.52. The summed E-state index contributed by atoms with van der Waals surface area (Å²) >= 11 is 0. The van der Waals surface area contributed by atoms with Gasteiger partial charge in [-0.3, -0.25) is 0 Å². The number of nitriles is 1. The van der Waals surface area contributed by atoms with Gasteiger partial charge in [0.25, 0.3) is 6.43 Å². The zero-order valence-corrected chi connectivity index (χ0v) is 9.46. The first-order chi connectivity index (χ1) is 8.04. The molecule has 0 bridgehead atoms. The molecule has 0 aliphatic rings. The Morgan fingerprint density at radius 2 is 2.18 bits per heavy atom. The smallest absolute Gasteiger partial charge is 0.339 e. The Kier molecular flexibility index (Phi) is 4.16. The van der Waals surface area contributed by atoms with Gasteiger partial charge in [0.2, 0.25) is 0 Å². The molecule has 17 heavy (non-hydrogen) atoms. The standard InChI is InChI=1S/C12H11F2NO2/c1-3-7-4-8(11(13)14)10(6-15)9(5-7)12(16)17-2/h4-5,11H,3H2,1-2H3. The molecule has 0 amide bonds. The average molecular weight is 239 g/mol. The maximum atomic E-state index is 12.8. The first-order valence-electron chi connectivity index (χ1n) is 4.98. The molecule has 0 aliphatic carbocycles. The second-order valence-corrected chi connectivity index (χ2v) is 3.37. The lowest BCUT2D eigenvalue weighted by Crippen LogP contribution is -2.08. The SMILES string of the molecule is CCc1cc(C(=O)OC)c(C#N)c(C(F)F)c1. The quantitative estimate of drug-likeness (QED) is 0.762. The van der Waals surface area contributed by atoms with Crippen molar-refractivity contribution in [3.63, 3.8) is 0 Å². The van der Waals surface area contributed by atoms with E-state index in [-0.39, 0.29) is 11.1 Å². The fraction of sp³-hybridized carbons (Fsp3) is 0.333. The number of ether oxygens (including phenoxy) is 1. The average Bonchev–Trinajstić information content (AvgIpc) is 2.35. The molecule has 0 unspecified atom stereocenters. The maximum absolute atomic E-state index is 12.8. The summed E-state index contributed by atoms with van der Waals surface area (Å²) in [5.74, 6) is -0.779. The minimum Gasteiger partial charge on any atom is -0.465 e. The van der Waals surface area contributed by atoms with E-state index in [2.05, 4.69) is 4.74 Å². The van der Waals surface area contributed by atoms with Crippen molar-refractivity contribution < 1.29 is 18.3 Å². The summed E-state index contributed by atoms with van der Waals surface area (Å²) in [6, 6.07) is 4.29. The number of halogens is 2. The highest BCUT2D eigenvalue weighted by Crippen LogP contribution is 2.27. The minimum absolute atomic E-state index is 0.107. The monoisotopic (exact) mass is 239 g/mol. The largest absolute Gasteiger partial charge is 0.465 e. The van der Waals surface area contributed by atoms with Crippen molar-refractivity contribution in [3.05, 3.63) is 34.4 Å². The first kappa shape index (κ1) is 13.1. The predicted octanol–water partition coefficient (Wildman–Crippen LogP) is 2.84. The van der Waals surface area contributed by atoms with E-state index in [4.69, 9.17) is 5.26 Å². The van der Waals surface area contributed by atoms with Gasteiger partial charge in [0, 0.05) is 5.56 Å². The Hall–Kier alpha value is -1.96. The van der Waals surface area contributed by atoms with E-state index < -0.39 is 18.0 Å². The van der Waals surface area contributed by atoms with E-state index in [1.165, 1.54) is 12.1 Å². The normalized spacial score (nSPS) is 10.1. The number of esters is 1. The van der Waals surface area contributed by atoms with Gasteiger partial charge in [0.15, 0.2) is 0 Å². The number of methoxy groups -OCH3 is 1. The number of nitrogens with zero attached hydrogens (tertiary/aromatic N) is 1. The summed E-state index contributed by atoms with van der Waals surface area (Å²) in [6.07, 6.45) is -2.30. The van der Waals surface area contributed by atoms with Gasteiger partial charge in [-0.2, -0.15) is 5.26 Å². The van der Waals surface area contributed by atoms with Crippen LogP contribution in [-0.2, 0) is 11.2 Å². The molecule has 1 aromatic rings. The minimum atomic E-state index is -2.79. The van der Waals surface area contributed by atoms with E-state index in [1.54, 1.807) is 13.0 Å². The third kappa shape index (κ3) is 2.59. The van der Waals surface area contributed by atoms with Crippen molar-refractivity contribution >= 4 is 5.97 Å². The Bertz CT molecular complexity index is 478. The molecule has 0 radical (unpaired) electrons. The molecule has 90 valence electrons. The van der Waals surface area contributed by atoms with E-state index in [9.17, 15) is 13.6 Å². The zero-order chi connectivity index (χ0) is 13.0. The number of hydrogen-bond donors (Lipinski definition) is 0. The van der Waals surface area contributed by atoms with Crippen LogP contribution >= 0.6 is 0 Å². The topological polar surface area (TPSA) is 50.1 Å². The Morgan fingerprint density at radius 3 is 2.59 bits per heavy atom. The second-order valence-electron chi connectivity index (χ2n) is 3.37. The molecule has 0 fully saturated rings. The summed E-state index contributed by atoms with van der Waals surface area (Å²) in [4.78, 5) is 11.4. The number of benzene rings is 1. The Labute approximate surface area is 97.6 Å². The van der Waals surface area contributed by atoms with Crippen LogP contribution in [0.25, 0.3) is 0 Å². The van der Waals surface area contributed by atoms with Crippen LogP contribution in [0.4, 0.5) is 8.78 Å². The molecule has 0 heterocycles. The van der Waals surface area contributed by atoms with Crippen LogP contribution in [0.15, 0.2) is 12.1 Å². The molecule has 1 aromatic carbocycles. The predicted molar refractivity (Wildman–Crippen MR) is 56.8 cm³/mol. The number of carbonyl (C=O) groups excluding carboxylic acids is 1. The third-order valence-corrected chi connectivity index (χ3v) is 2.39. The molecule has 0 aliphatic heterocycles. The van der Waals surface area contributed by atoms with Crippen molar-refractivity contribution in [2.75, 3.05) is 7.11 Å². The van der Waals surface area contributed by atoms with Crippen LogP contribution in [0, 0.1) is 11.3 Å². The molecule has 3 nitrogen and oxygen atoms in total. The molecule has 0 spiro atoms. The highest BCUT2D eigenvalue weighted by molar-refractivity contribution is 5.93. The molecule has 0 aromatic heterocycles. The van der Waals surface area contributed by atoms with Gasteiger partial charge >= 0.3 is 5.97 Å². The van der Waals surface area contributed by atoms with Crippen molar-refractivity contribution in [3.8, 4) is 6.07 Å². The summed E-state index contributed by atoms with van der Waals surface area (Å²) in [5.41, 5.74) is -0.277. The third-order valence-electron chi connectivity index (χ3n) is 2.39. The molecular weight excluding hydrogens is 228 g/mol. The summed E-state index contributed by atoms with van der Waals surface area (Å²) < 4.78 is 30.0. The van der Waals surface area contributed by atoms with Crippen molar-refractivity contribution in [1.82, 2.24) is 0 Å². The van der Waals surface area contributed by atoms with Crippen LogP contribution in [0.1, 0.15) is 40.4 Å². The molecule has 0 atom stereocenters.